The van der Waals surface area contributed by atoms with E-state index >= 15 is 0 Å². The van der Waals surface area contributed by atoms with Crippen LogP contribution in [-0.2, 0) is 6.61 Å². The Kier molecular flexibility index (Phi) is 3.42. The fourth-order valence-corrected chi connectivity index (χ4v) is 2.69. The number of fused-ring (bicyclic) bond motifs is 1. The lowest BCUT2D eigenvalue weighted by atomic mass is 10.1. The molecule has 2 heterocycles. The highest BCUT2D eigenvalue weighted by molar-refractivity contribution is 7.15. The first kappa shape index (κ1) is 13.1. The SMILES string of the molecule is CC(O)c1ccc(F)cc1OCc1cn2ccsc2n1. The van der Waals surface area contributed by atoms with Crippen LogP contribution in [0.3, 0.4) is 0 Å². The van der Waals surface area contributed by atoms with Gasteiger partial charge in [0.2, 0.25) is 0 Å². The van der Waals surface area contributed by atoms with E-state index in [9.17, 15) is 9.50 Å². The third kappa shape index (κ3) is 2.52. The van der Waals surface area contributed by atoms with Crippen LogP contribution >= 0.6 is 11.3 Å². The molecule has 0 bridgehead atoms. The smallest absolute Gasteiger partial charge is 0.193 e. The van der Waals surface area contributed by atoms with E-state index in [1.165, 1.54) is 29.5 Å². The molecule has 1 atom stereocenters. The predicted octanol–water partition coefficient (Wildman–Crippen LogP) is 3.17. The number of hydrogen-bond donors (Lipinski definition) is 1. The van der Waals surface area contributed by atoms with Gasteiger partial charge in [-0.25, -0.2) is 9.37 Å². The summed E-state index contributed by atoms with van der Waals surface area (Å²) >= 11 is 1.54. The van der Waals surface area contributed by atoms with Crippen LogP contribution in [0.2, 0.25) is 0 Å². The summed E-state index contributed by atoms with van der Waals surface area (Å²) < 4.78 is 20.8. The molecule has 0 amide bonds. The van der Waals surface area contributed by atoms with Crippen molar-refractivity contribution in [1.82, 2.24) is 9.38 Å². The van der Waals surface area contributed by atoms with Gasteiger partial charge in [0.1, 0.15) is 18.2 Å². The van der Waals surface area contributed by atoms with Gasteiger partial charge < -0.3 is 9.84 Å². The lowest BCUT2D eigenvalue weighted by Gasteiger charge is -2.12. The molecule has 4 nitrogen and oxygen atoms in total. The molecule has 3 aromatic rings. The lowest BCUT2D eigenvalue weighted by Crippen LogP contribution is -2.01. The van der Waals surface area contributed by atoms with E-state index in [1.54, 1.807) is 6.92 Å². The molecule has 0 saturated carbocycles. The molecular weight excluding hydrogens is 279 g/mol. The van der Waals surface area contributed by atoms with E-state index in [4.69, 9.17) is 4.74 Å². The quantitative estimate of drug-likeness (QED) is 0.803. The number of thiazole rings is 1. The van der Waals surface area contributed by atoms with Crippen LogP contribution in [0.4, 0.5) is 4.39 Å². The molecule has 1 unspecified atom stereocenters. The molecule has 0 radical (unpaired) electrons. The number of aliphatic hydroxyl groups excluding tert-OH is 1. The molecule has 3 rings (SSSR count). The Labute approximate surface area is 119 Å². The summed E-state index contributed by atoms with van der Waals surface area (Å²) in [6.07, 6.45) is 3.07. The van der Waals surface area contributed by atoms with Crippen molar-refractivity contribution < 1.29 is 14.2 Å². The Morgan fingerprint density at radius 2 is 2.35 bits per heavy atom. The molecular formula is C14H13FN2O2S. The zero-order valence-corrected chi connectivity index (χ0v) is 11.6. The van der Waals surface area contributed by atoms with E-state index in [-0.39, 0.29) is 6.61 Å². The molecule has 0 spiro atoms. The molecule has 6 heteroatoms. The third-order valence-corrected chi connectivity index (χ3v) is 3.72. The molecule has 0 aliphatic heterocycles. The van der Waals surface area contributed by atoms with E-state index in [2.05, 4.69) is 4.98 Å². The third-order valence-electron chi connectivity index (χ3n) is 2.94. The van der Waals surface area contributed by atoms with Crippen LogP contribution in [0.5, 0.6) is 5.75 Å². The standard InChI is InChI=1S/C14H13FN2O2S/c1-9(18)12-3-2-10(15)6-13(12)19-8-11-7-17-4-5-20-14(17)16-11/h2-7,9,18H,8H2,1H3. The summed E-state index contributed by atoms with van der Waals surface area (Å²) in [4.78, 5) is 5.27. The minimum absolute atomic E-state index is 0.234. The maximum atomic E-state index is 13.3. The average molecular weight is 292 g/mol. The largest absolute Gasteiger partial charge is 0.487 e. The van der Waals surface area contributed by atoms with Gasteiger partial charge in [-0.15, -0.1) is 11.3 Å². The van der Waals surface area contributed by atoms with Gasteiger partial charge in [0.15, 0.2) is 4.96 Å². The van der Waals surface area contributed by atoms with Crippen molar-refractivity contribution in [1.29, 1.82) is 0 Å². The molecule has 0 aliphatic rings. The van der Waals surface area contributed by atoms with Gasteiger partial charge in [-0.2, -0.15) is 0 Å². The summed E-state index contributed by atoms with van der Waals surface area (Å²) in [5, 5.41) is 11.6. The van der Waals surface area contributed by atoms with Crippen LogP contribution in [-0.4, -0.2) is 14.5 Å². The van der Waals surface area contributed by atoms with E-state index in [1.807, 2.05) is 22.2 Å². The van der Waals surface area contributed by atoms with Gasteiger partial charge in [0.05, 0.1) is 11.8 Å². The molecule has 0 fully saturated rings. The highest BCUT2D eigenvalue weighted by atomic mass is 32.1. The number of aromatic nitrogens is 2. The minimum Gasteiger partial charge on any atom is -0.487 e. The van der Waals surface area contributed by atoms with Crippen molar-refractivity contribution in [3.8, 4) is 5.75 Å². The van der Waals surface area contributed by atoms with Crippen LogP contribution in [0.15, 0.2) is 36.0 Å². The molecule has 1 N–H and O–H groups in total. The maximum Gasteiger partial charge on any atom is 0.193 e. The normalized spacial score (nSPS) is 12.8. The monoisotopic (exact) mass is 292 g/mol. The highest BCUT2D eigenvalue weighted by Crippen LogP contribution is 2.26. The second-order valence-corrected chi connectivity index (χ2v) is 5.34. The van der Waals surface area contributed by atoms with Gasteiger partial charge >= 0.3 is 0 Å². The Bertz CT molecular complexity index is 707. The van der Waals surface area contributed by atoms with Crippen LogP contribution in [0.25, 0.3) is 4.96 Å². The number of rotatable bonds is 4. The van der Waals surface area contributed by atoms with E-state index < -0.39 is 11.9 Å². The van der Waals surface area contributed by atoms with E-state index in [0.29, 0.717) is 11.3 Å². The maximum absolute atomic E-state index is 13.3. The molecule has 0 aliphatic carbocycles. The Morgan fingerprint density at radius 3 is 3.10 bits per heavy atom. The molecule has 20 heavy (non-hydrogen) atoms. The second-order valence-electron chi connectivity index (χ2n) is 4.47. The fourth-order valence-electron chi connectivity index (χ4n) is 1.98. The second kappa shape index (κ2) is 5.22. The van der Waals surface area contributed by atoms with Crippen molar-refractivity contribution in [2.75, 3.05) is 0 Å². The van der Waals surface area contributed by atoms with Crippen LogP contribution in [0, 0.1) is 5.82 Å². The predicted molar refractivity (Wildman–Crippen MR) is 74.4 cm³/mol. The number of benzene rings is 1. The molecule has 1 aromatic carbocycles. The summed E-state index contributed by atoms with van der Waals surface area (Å²) in [5.41, 5.74) is 1.32. The number of ether oxygens (including phenoxy) is 1. The molecule has 104 valence electrons. The first-order valence-electron chi connectivity index (χ1n) is 6.15. The van der Waals surface area contributed by atoms with Crippen molar-refractivity contribution >= 4 is 16.3 Å². The van der Waals surface area contributed by atoms with Gasteiger partial charge in [-0.3, -0.25) is 4.40 Å². The van der Waals surface area contributed by atoms with E-state index in [0.717, 1.165) is 10.7 Å². The highest BCUT2D eigenvalue weighted by Gasteiger charge is 2.11. The Morgan fingerprint density at radius 1 is 1.50 bits per heavy atom. The summed E-state index contributed by atoms with van der Waals surface area (Å²) in [6.45, 7) is 1.85. The zero-order chi connectivity index (χ0) is 14.1. The fraction of sp³-hybridized carbons (Fsp3) is 0.214. The van der Waals surface area contributed by atoms with Gasteiger partial charge in [-0.1, -0.05) is 0 Å². The van der Waals surface area contributed by atoms with Gasteiger partial charge in [0.25, 0.3) is 0 Å². The Balaban J connectivity index is 1.80. The lowest BCUT2D eigenvalue weighted by molar-refractivity contribution is 0.189. The number of halogens is 1. The minimum atomic E-state index is -0.712. The first-order chi connectivity index (χ1) is 9.63. The topological polar surface area (TPSA) is 46.8 Å². The number of hydrogen-bond acceptors (Lipinski definition) is 4. The summed E-state index contributed by atoms with van der Waals surface area (Å²) in [5.74, 6) is -0.0495. The van der Waals surface area contributed by atoms with Gasteiger partial charge in [0, 0.05) is 29.4 Å². The average Bonchev–Trinajstić information content (AvgIpc) is 2.96. The van der Waals surface area contributed by atoms with Gasteiger partial charge in [-0.05, 0) is 19.1 Å². The molecule has 0 saturated heterocycles. The van der Waals surface area contributed by atoms with Crippen molar-refractivity contribution in [2.24, 2.45) is 0 Å². The van der Waals surface area contributed by atoms with Crippen molar-refractivity contribution in [3.63, 3.8) is 0 Å². The van der Waals surface area contributed by atoms with Crippen molar-refractivity contribution in [3.05, 3.63) is 53.0 Å². The molecule has 2 aromatic heterocycles. The first-order valence-corrected chi connectivity index (χ1v) is 7.03. The van der Waals surface area contributed by atoms with Crippen LogP contribution < -0.4 is 4.74 Å². The Hall–Kier alpha value is -1.92. The number of nitrogens with zero attached hydrogens (tertiary/aromatic N) is 2. The van der Waals surface area contributed by atoms with Crippen molar-refractivity contribution in [2.45, 2.75) is 19.6 Å². The van der Waals surface area contributed by atoms with Crippen LogP contribution in [0.1, 0.15) is 24.3 Å². The number of imidazole rings is 1. The number of aliphatic hydroxyl groups is 1. The summed E-state index contributed by atoms with van der Waals surface area (Å²) in [7, 11) is 0. The summed E-state index contributed by atoms with van der Waals surface area (Å²) in [6, 6.07) is 4.11. The zero-order valence-electron chi connectivity index (χ0n) is 10.8.